The van der Waals surface area contributed by atoms with Gasteiger partial charge in [-0.3, -0.25) is 4.79 Å². The molecule has 0 radical (unpaired) electrons. The highest BCUT2D eigenvalue weighted by atomic mass is 19.4. The van der Waals surface area contributed by atoms with Crippen molar-refractivity contribution in [3.8, 4) is 34.5 Å². The van der Waals surface area contributed by atoms with Crippen LogP contribution >= 0.6 is 0 Å². The minimum absolute atomic E-state index is 0.00275. The standard InChI is InChI=1S/C25H25F3N6O3/c1-14(2)36-19-9-7-17(8-10-19)23-31-32-24(37-23)20-12-21(25(26,27)28)33-34(20)18-6-4-5-16(11-18)13-30-22(35)15(3)29/h4-12,14-15H,13,29H2,1-3H3,(H,30,35)/t15-/m0/s1. The van der Waals surface area contributed by atoms with E-state index in [0.717, 1.165) is 10.7 Å². The lowest BCUT2D eigenvalue weighted by atomic mass is 10.2. The van der Waals surface area contributed by atoms with Gasteiger partial charge in [0.1, 0.15) is 11.4 Å². The Morgan fingerprint density at radius 1 is 1.08 bits per heavy atom. The van der Waals surface area contributed by atoms with Crippen LogP contribution in [0.1, 0.15) is 32.0 Å². The first-order valence-electron chi connectivity index (χ1n) is 11.4. The highest BCUT2D eigenvalue weighted by Gasteiger charge is 2.36. The number of aromatic nitrogens is 4. The molecule has 0 fully saturated rings. The maximum atomic E-state index is 13.6. The number of hydrogen-bond donors (Lipinski definition) is 2. The van der Waals surface area contributed by atoms with E-state index in [1.165, 1.54) is 0 Å². The van der Waals surface area contributed by atoms with E-state index < -0.39 is 17.9 Å². The number of amides is 1. The molecule has 4 aromatic rings. The Bertz CT molecular complexity index is 1380. The predicted octanol–water partition coefficient (Wildman–Crippen LogP) is 4.36. The Morgan fingerprint density at radius 3 is 2.43 bits per heavy atom. The SMILES string of the molecule is CC(C)Oc1ccc(-c2nnc(-c3cc(C(F)(F)F)nn3-c3cccc(CNC(=O)[C@H](C)N)c3)o2)cc1. The summed E-state index contributed by atoms with van der Waals surface area (Å²) in [6.07, 6.45) is -4.69. The van der Waals surface area contributed by atoms with Crippen LogP contribution in [-0.4, -0.2) is 38.0 Å². The maximum absolute atomic E-state index is 13.6. The molecule has 37 heavy (non-hydrogen) atoms. The van der Waals surface area contributed by atoms with Crippen LogP contribution in [0.4, 0.5) is 13.2 Å². The number of ether oxygens (including phenoxy) is 1. The molecule has 0 aliphatic heterocycles. The molecule has 0 aliphatic carbocycles. The van der Waals surface area contributed by atoms with E-state index in [-0.39, 0.29) is 36.0 Å². The summed E-state index contributed by atoms with van der Waals surface area (Å²) in [5, 5.41) is 14.4. The summed E-state index contributed by atoms with van der Waals surface area (Å²) >= 11 is 0. The highest BCUT2D eigenvalue weighted by molar-refractivity contribution is 5.80. The van der Waals surface area contributed by atoms with E-state index in [1.807, 2.05) is 13.8 Å². The molecule has 4 rings (SSSR count). The van der Waals surface area contributed by atoms with Crippen LogP contribution in [0.3, 0.4) is 0 Å². The zero-order valence-corrected chi connectivity index (χ0v) is 20.3. The Labute approximate surface area is 210 Å². The smallest absolute Gasteiger partial charge is 0.435 e. The third kappa shape index (κ3) is 6.15. The van der Waals surface area contributed by atoms with Crippen molar-refractivity contribution in [2.45, 2.75) is 45.6 Å². The van der Waals surface area contributed by atoms with Gasteiger partial charge >= 0.3 is 6.18 Å². The van der Waals surface area contributed by atoms with Crippen LogP contribution in [0, 0.1) is 0 Å². The van der Waals surface area contributed by atoms with Gasteiger partial charge in [0, 0.05) is 18.2 Å². The summed E-state index contributed by atoms with van der Waals surface area (Å²) in [7, 11) is 0. The minimum Gasteiger partial charge on any atom is -0.491 e. The van der Waals surface area contributed by atoms with Crippen molar-refractivity contribution in [2.75, 3.05) is 0 Å². The highest BCUT2D eigenvalue weighted by Crippen LogP contribution is 2.34. The fourth-order valence-corrected chi connectivity index (χ4v) is 3.41. The van der Waals surface area contributed by atoms with E-state index in [0.29, 0.717) is 22.6 Å². The number of rotatable bonds is 8. The molecular weight excluding hydrogens is 489 g/mol. The van der Waals surface area contributed by atoms with Gasteiger partial charge in [-0.05, 0) is 62.7 Å². The van der Waals surface area contributed by atoms with Gasteiger partial charge in [0.25, 0.3) is 5.89 Å². The fraction of sp³-hybridized carbons (Fsp3) is 0.280. The Balaban J connectivity index is 1.67. The van der Waals surface area contributed by atoms with Crippen molar-refractivity contribution in [3.05, 3.63) is 65.9 Å². The molecule has 3 N–H and O–H groups in total. The number of carbonyl (C=O) groups excluding carboxylic acids is 1. The second-order valence-corrected chi connectivity index (χ2v) is 8.60. The zero-order valence-electron chi connectivity index (χ0n) is 20.3. The normalized spacial score (nSPS) is 12.5. The van der Waals surface area contributed by atoms with Crippen LogP contribution in [0.2, 0.25) is 0 Å². The van der Waals surface area contributed by atoms with Crippen LogP contribution in [-0.2, 0) is 17.5 Å². The van der Waals surface area contributed by atoms with Crippen LogP contribution in [0.15, 0.2) is 59.0 Å². The van der Waals surface area contributed by atoms with E-state index in [4.69, 9.17) is 14.9 Å². The Kier molecular flexibility index (Phi) is 7.30. The van der Waals surface area contributed by atoms with Gasteiger partial charge in [-0.15, -0.1) is 10.2 Å². The van der Waals surface area contributed by atoms with Crippen molar-refractivity contribution >= 4 is 5.91 Å². The van der Waals surface area contributed by atoms with E-state index in [1.54, 1.807) is 55.5 Å². The van der Waals surface area contributed by atoms with Gasteiger partial charge in [0.15, 0.2) is 5.69 Å². The zero-order chi connectivity index (χ0) is 26.7. The minimum atomic E-state index is -4.70. The van der Waals surface area contributed by atoms with Crippen molar-refractivity contribution in [1.82, 2.24) is 25.3 Å². The topological polar surface area (TPSA) is 121 Å². The van der Waals surface area contributed by atoms with Crippen molar-refractivity contribution < 1.29 is 27.1 Å². The van der Waals surface area contributed by atoms with Gasteiger partial charge < -0.3 is 20.2 Å². The summed E-state index contributed by atoms with van der Waals surface area (Å²) in [6.45, 7) is 5.50. The summed E-state index contributed by atoms with van der Waals surface area (Å²) in [4.78, 5) is 11.8. The first-order chi connectivity index (χ1) is 17.5. The molecular formula is C25H25F3N6O3. The van der Waals surface area contributed by atoms with E-state index in [9.17, 15) is 18.0 Å². The van der Waals surface area contributed by atoms with Gasteiger partial charge in [-0.2, -0.15) is 18.3 Å². The predicted molar refractivity (Wildman–Crippen MR) is 129 cm³/mol. The maximum Gasteiger partial charge on any atom is 0.435 e. The van der Waals surface area contributed by atoms with Crippen molar-refractivity contribution in [1.29, 1.82) is 0 Å². The Morgan fingerprint density at radius 2 is 1.78 bits per heavy atom. The Hall–Kier alpha value is -4.19. The van der Waals surface area contributed by atoms with Crippen LogP contribution in [0.25, 0.3) is 28.7 Å². The van der Waals surface area contributed by atoms with E-state index >= 15 is 0 Å². The number of alkyl halides is 3. The molecule has 0 saturated carbocycles. The molecule has 2 aromatic heterocycles. The number of halogens is 3. The molecule has 0 spiro atoms. The number of nitrogens with two attached hydrogens (primary N) is 1. The molecule has 0 saturated heterocycles. The summed E-state index contributed by atoms with van der Waals surface area (Å²) in [5.74, 6) is 0.283. The second kappa shape index (κ2) is 10.4. The van der Waals surface area contributed by atoms with Gasteiger partial charge in [-0.25, -0.2) is 4.68 Å². The van der Waals surface area contributed by atoms with Gasteiger partial charge in [0.2, 0.25) is 11.8 Å². The molecule has 1 atom stereocenters. The molecule has 0 bridgehead atoms. The van der Waals surface area contributed by atoms with Gasteiger partial charge in [0.05, 0.1) is 17.8 Å². The number of carbonyl (C=O) groups is 1. The lowest BCUT2D eigenvalue weighted by Crippen LogP contribution is -2.37. The summed E-state index contributed by atoms with van der Waals surface area (Å²) in [6, 6.07) is 13.6. The molecule has 2 aromatic carbocycles. The number of nitrogens with one attached hydrogen (secondary N) is 1. The quantitative estimate of drug-likeness (QED) is 0.358. The second-order valence-electron chi connectivity index (χ2n) is 8.60. The molecule has 9 nitrogen and oxygen atoms in total. The summed E-state index contributed by atoms with van der Waals surface area (Å²) < 4.78 is 53.1. The average molecular weight is 515 g/mol. The first-order valence-corrected chi connectivity index (χ1v) is 11.4. The van der Waals surface area contributed by atoms with Crippen LogP contribution < -0.4 is 15.8 Å². The first kappa shape index (κ1) is 25.9. The van der Waals surface area contributed by atoms with E-state index in [2.05, 4.69) is 20.6 Å². The van der Waals surface area contributed by atoms with Crippen LogP contribution in [0.5, 0.6) is 5.75 Å². The lowest BCUT2D eigenvalue weighted by molar-refractivity contribution is -0.141. The molecule has 2 heterocycles. The molecule has 194 valence electrons. The van der Waals surface area contributed by atoms with Gasteiger partial charge in [-0.1, -0.05) is 12.1 Å². The number of hydrogen-bond acceptors (Lipinski definition) is 7. The third-order valence-corrected chi connectivity index (χ3v) is 5.15. The molecule has 12 heteroatoms. The molecule has 1 amide bonds. The number of benzene rings is 2. The average Bonchev–Trinajstić information content (AvgIpc) is 3.50. The fourth-order valence-electron chi connectivity index (χ4n) is 3.41. The monoisotopic (exact) mass is 514 g/mol. The summed E-state index contributed by atoms with van der Waals surface area (Å²) in [5.41, 5.74) is 5.92. The lowest BCUT2D eigenvalue weighted by Gasteiger charge is -2.10. The largest absolute Gasteiger partial charge is 0.491 e. The molecule has 0 aliphatic rings. The third-order valence-electron chi connectivity index (χ3n) is 5.15. The van der Waals surface area contributed by atoms with Crippen molar-refractivity contribution in [3.63, 3.8) is 0 Å². The van der Waals surface area contributed by atoms with Crippen molar-refractivity contribution in [2.24, 2.45) is 5.73 Å². The molecule has 0 unspecified atom stereocenters. The number of nitrogens with zero attached hydrogens (tertiary/aromatic N) is 4.